The molecule has 0 heterocycles. The smallest absolute Gasteiger partial charge is 0.147 e. The zero-order valence-electron chi connectivity index (χ0n) is 11.2. The van der Waals surface area contributed by atoms with E-state index < -0.39 is 11.6 Å². The van der Waals surface area contributed by atoms with E-state index in [9.17, 15) is 8.78 Å². The summed E-state index contributed by atoms with van der Waals surface area (Å²) in [5.41, 5.74) is 1.30. The maximum atomic E-state index is 13.5. The average molecular weight is 421 g/mol. The highest BCUT2D eigenvalue weighted by Crippen LogP contribution is 2.34. The Morgan fingerprint density at radius 2 is 1.71 bits per heavy atom. The second kappa shape index (κ2) is 7.33. The minimum Gasteiger partial charge on any atom is -0.494 e. The van der Waals surface area contributed by atoms with Gasteiger partial charge in [-0.05, 0) is 67.8 Å². The predicted octanol–water partition coefficient (Wildman–Crippen LogP) is 4.79. The molecule has 0 bridgehead atoms. The quantitative estimate of drug-likeness (QED) is 0.750. The first-order valence-electron chi connectivity index (χ1n) is 6.18. The van der Waals surface area contributed by atoms with Crippen LogP contribution >= 0.6 is 31.9 Å². The van der Waals surface area contributed by atoms with Crippen molar-refractivity contribution in [2.45, 2.75) is 13.1 Å². The summed E-state index contributed by atoms with van der Waals surface area (Å²) < 4.78 is 33.4. The summed E-state index contributed by atoms with van der Waals surface area (Å²) in [7, 11) is 1.59. The molecule has 0 fully saturated rings. The zero-order valence-corrected chi connectivity index (χ0v) is 14.4. The molecule has 0 amide bonds. The van der Waals surface area contributed by atoms with Gasteiger partial charge in [0.15, 0.2) is 0 Å². The van der Waals surface area contributed by atoms with Gasteiger partial charge in [-0.1, -0.05) is 0 Å². The van der Waals surface area contributed by atoms with E-state index in [0.717, 1.165) is 32.4 Å². The highest BCUT2D eigenvalue weighted by Gasteiger charge is 2.08. The van der Waals surface area contributed by atoms with Crippen LogP contribution in [0.3, 0.4) is 0 Å². The molecular weight excluding hydrogens is 408 g/mol. The summed E-state index contributed by atoms with van der Waals surface area (Å²) in [6.45, 7) is 0.780. The maximum Gasteiger partial charge on any atom is 0.147 e. The Balaban J connectivity index is 2.02. The Hall–Kier alpha value is -0.980. The van der Waals surface area contributed by atoms with Crippen molar-refractivity contribution < 1.29 is 13.5 Å². The molecule has 1 N–H and O–H groups in total. The number of hydrogen-bond acceptors (Lipinski definition) is 2. The summed E-state index contributed by atoms with van der Waals surface area (Å²) in [4.78, 5) is 0. The van der Waals surface area contributed by atoms with E-state index in [1.165, 1.54) is 6.07 Å². The zero-order chi connectivity index (χ0) is 15.4. The average Bonchev–Trinajstić information content (AvgIpc) is 2.42. The van der Waals surface area contributed by atoms with Gasteiger partial charge in [0.2, 0.25) is 0 Å². The summed E-state index contributed by atoms with van der Waals surface area (Å²) in [6.07, 6.45) is 0. The van der Waals surface area contributed by atoms with Crippen molar-refractivity contribution in [2.24, 2.45) is 0 Å². The number of methoxy groups -OCH3 is 1. The molecule has 0 aliphatic heterocycles. The normalized spacial score (nSPS) is 10.7. The molecule has 2 aromatic carbocycles. The van der Waals surface area contributed by atoms with Crippen LogP contribution in [-0.2, 0) is 13.1 Å². The molecule has 112 valence electrons. The fourth-order valence-electron chi connectivity index (χ4n) is 1.93. The lowest BCUT2D eigenvalue weighted by Crippen LogP contribution is -2.14. The number of ether oxygens (including phenoxy) is 1. The van der Waals surface area contributed by atoms with Gasteiger partial charge in [-0.25, -0.2) is 8.78 Å². The molecule has 2 nitrogen and oxygen atoms in total. The van der Waals surface area contributed by atoms with E-state index in [4.69, 9.17) is 4.74 Å². The second-order valence-corrected chi connectivity index (χ2v) is 6.14. The van der Waals surface area contributed by atoms with Crippen molar-refractivity contribution in [3.63, 3.8) is 0 Å². The maximum absolute atomic E-state index is 13.5. The molecule has 0 aliphatic rings. The Bertz CT molecular complexity index is 627. The standard InChI is InChI=1S/C15H13Br2F2NO/c1-21-15-12(16)4-9(5-13(15)17)7-20-8-10-6-11(18)2-3-14(10)19/h2-6,20H,7-8H2,1H3. The number of rotatable bonds is 5. The van der Waals surface area contributed by atoms with Crippen LogP contribution in [0.4, 0.5) is 8.78 Å². The molecule has 6 heteroatoms. The Kier molecular flexibility index (Phi) is 5.72. The van der Waals surface area contributed by atoms with Crippen molar-refractivity contribution in [2.75, 3.05) is 7.11 Å². The first-order chi connectivity index (χ1) is 10.0. The first kappa shape index (κ1) is 16.4. The van der Waals surface area contributed by atoms with Crippen LogP contribution in [0.25, 0.3) is 0 Å². The molecule has 0 saturated heterocycles. The van der Waals surface area contributed by atoms with Crippen LogP contribution in [0, 0.1) is 11.6 Å². The van der Waals surface area contributed by atoms with E-state index in [0.29, 0.717) is 12.1 Å². The third kappa shape index (κ3) is 4.25. The van der Waals surface area contributed by atoms with Crippen molar-refractivity contribution in [1.82, 2.24) is 5.32 Å². The highest BCUT2D eigenvalue weighted by atomic mass is 79.9. The molecule has 0 aromatic heterocycles. The molecule has 2 aromatic rings. The van der Waals surface area contributed by atoms with Gasteiger partial charge < -0.3 is 10.1 Å². The van der Waals surface area contributed by atoms with E-state index in [1.807, 2.05) is 12.1 Å². The summed E-state index contributed by atoms with van der Waals surface area (Å²) in [5.74, 6) is -0.140. The molecule has 2 rings (SSSR count). The third-order valence-electron chi connectivity index (χ3n) is 2.91. The van der Waals surface area contributed by atoms with Gasteiger partial charge in [0.05, 0.1) is 16.1 Å². The van der Waals surface area contributed by atoms with E-state index >= 15 is 0 Å². The molecule has 0 unspecified atom stereocenters. The van der Waals surface area contributed by atoms with Crippen LogP contribution in [0.15, 0.2) is 39.3 Å². The third-order valence-corrected chi connectivity index (χ3v) is 4.09. The van der Waals surface area contributed by atoms with Gasteiger partial charge in [0.25, 0.3) is 0 Å². The van der Waals surface area contributed by atoms with Gasteiger partial charge in [0, 0.05) is 18.7 Å². The van der Waals surface area contributed by atoms with Gasteiger partial charge >= 0.3 is 0 Å². The number of halogens is 4. The minimum atomic E-state index is -0.442. The lowest BCUT2D eigenvalue weighted by Gasteiger charge is -2.10. The monoisotopic (exact) mass is 419 g/mol. The van der Waals surface area contributed by atoms with Crippen molar-refractivity contribution >= 4 is 31.9 Å². The van der Waals surface area contributed by atoms with Gasteiger partial charge in [0.1, 0.15) is 17.4 Å². The topological polar surface area (TPSA) is 21.3 Å². The van der Waals surface area contributed by atoms with Crippen molar-refractivity contribution in [3.05, 3.63) is 62.0 Å². The van der Waals surface area contributed by atoms with Gasteiger partial charge in [-0.2, -0.15) is 0 Å². The number of benzene rings is 2. The number of nitrogens with one attached hydrogen (secondary N) is 1. The van der Waals surface area contributed by atoms with E-state index in [1.54, 1.807) is 7.11 Å². The Morgan fingerprint density at radius 1 is 1.05 bits per heavy atom. The molecule has 0 radical (unpaired) electrons. The van der Waals surface area contributed by atoms with Gasteiger partial charge in [-0.15, -0.1) is 0 Å². The summed E-state index contributed by atoms with van der Waals surface area (Å²) in [5, 5.41) is 3.09. The number of hydrogen-bond donors (Lipinski definition) is 1. The van der Waals surface area contributed by atoms with Crippen LogP contribution < -0.4 is 10.1 Å². The molecular formula is C15H13Br2F2NO. The SMILES string of the molecule is COc1c(Br)cc(CNCc2cc(F)ccc2F)cc1Br. The van der Waals surface area contributed by atoms with Crippen molar-refractivity contribution in [3.8, 4) is 5.75 Å². The molecule has 0 spiro atoms. The lowest BCUT2D eigenvalue weighted by molar-refractivity contribution is 0.409. The summed E-state index contributed by atoms with van der Waals surface area (Å²) >= 11 is 6.85. The van der Waals surface area contributed by atoms with Crippen LogP contribution in [0.5, 0.6) is 5.75 Å². The second-order valence-electron chi connectivity index (χ2n) is 4.43. The van der Waals surface area contributed by atoms with Crippen LogP contribution in [0.1, 0.15) is 11.1 Å². The van der Waals surface area contributed by atoms with Crippen molar-refractivity contribution in [1.29, 1.82) is 0 Å². The summed E-state index contributed by atoms with van der Waals surface area (Å²) in [6, 6.07) is 7.27. The minimum absolute atomic E-state index is 0.255. The molecule has 0 saturated carbocycles. The van der Waals surface area contributed by atoms with E-state index in [-0.39, 0.29) is 6.54 Å². The Morgan fingerprint density at radius 3 is 2.33 bits per heavy atom. The molecule has 0 atom stereocenters. The van der Waals surface area contributed by atoms with Gasteiger partial charge in [-0.3, -0.25) is 0 Å². The first-order valence-corrected chi connectivity index (χ1v) is 7.76. The van der Waals surface area contributed by atoms with Crippen LogP contribution in [0.2, 0.25) is 0 Å². The lowest BCUT2D eigenvalue weighted by atomic mass is 10.2. The van der Waals surface area contributed by atoms with Crippen LogP contribution in [-0.4, -0.2) is 7.11 Å². The predicted molar refractivity (Wildman–Crippen MR) is 85.3 cm³/mol. The fraction of sp³-hybridized carbons (Fsp3) is 0.200. The van der Waals surface area contributed by atoms with E-state index in [2.05, 4.69) is 37.2 Å². The molecule has 0 aliphatic carbocycles. The fourth-order valence-corrected chi connectivity index (χ4v) is 3.53. The molecule has 21 heavy (non-hydrogen) atoms. The largest absolute Gasteiger partial charge is 0.494 e. The Labute approximate surface area is 138 Å². The highest BCUT2D eigenvalue weighted by molar-refractivity contribution is 9.11.